The van der Waals surface area contributed by atoms with E-state index in [4.69, 9.17) is 13.9 Å². The van der Waals surface area contributed by atoms with Crippen molar-refractivity contribution in [3.63, 3.8) is 0 Å². The minimum absolute atomic E-state index is 0.0472. The van der Waals surface area contributed by atoms with Gasteiger partial charge in [0.25, 0.3) is 5.91 Å². The molecule has 4 heterocycles. The van der Waals surface area contributed by atoms with Gasteiger partial charge in [0.2, 0.25) is 0 Å². The number of hydrogen-bond acceptors (Lipinski definition) is 6. The van der Waals surface area contributed by atoms with Crippen LogP contribution in [0.15, 0.2) is 77.7 Å². The van der Waals surface area contributed by atoms with Gasteiger partial charge in [0.15, 0.2) is 11.5 Å². The van der Waals surface area contributed by atoms with Crippen LogP contribution in [-0.2, 0) is 13.1 Å². The zero-order valence-electron chi connectivity index (χ0n) is 16.7. The summed E-state index contributed by atoms with van der Waals surface area (Å²) in [6, 6.07) is 17.2. The Morgan fingerprint density at radius 2 is 1.90 bits per heavy atom. The third-order valence-corrected chi connectivity index (χ3v) is 6.08. The molecular formula is C24H20N2O4S. The van der Waals surface area contributed by atoms with Crippen molar-refractivity contribution in [2.75, 3.05) is 13.2 Å². The van der Waals surface area contributed by atoms with Gasteiger partial charge in [-0.15, -0.1) is 11.3 Å². The minimum Gasteiger partial charge on any atom is -0.486 e. The van der Waals surface area contributed by atoms with E-state index in [9.17, 15) is 4.79 Å². The standard InChI is InChI=1S/C24H20N2O4S/c27-24(26(16-19-4-2-10-28-19)15-17-3-1-9-25-14-17)23-8-7-22(31-23)18-5-6-20-21(13-18)30-12-11-29-20/h1-10,13-14H,11-12,15-16H2. The Morgan fingerprint density at radius 3 is 2.71 bits per heavy atom. The number of rotatable bonds is 6. The van der Waals surface area contributed by atoms with Crippen molar-refractivity contribution in [1.82, 2.24) is 9.88 Å². The molecule has 0 saturated carbocycles. The average Bonchev–Trinajstić information content (AvgIpc) is 3.51. The molecule has 0 fully saturated rings. The van der Waals surface area contributed by atoms with Crippen molar-refractivity contribution < 1.29 is 18.7 Å². The zero-order valence-corrected chi connectivity index (χ0v) is 17.5. The molecule has 1 amide bonds. The van der Waals surface area contributed by atoms with E-state index in [-0.39, 0.29) is 5.91 Å². The van der Waals surface area contributed by atoms with Crippen LogP contribution in [0.4, 0.5) is 0 Å². The fourth-order valence-electron chi connectivity index (χ4n) is 3.46. The summed E-state index contributed by atoms with van der Waals surface area (Å²) in [5.41, 5.74) is 1.96. The van der Waals surface area contributed by atoms with Gasteiger partial charge < -0.3 is 18.8 Å². The summed E-state index contributed by atoms with van der Waals surface area (Å²) in [6.07, 6.45) is 5.12. The first kappa shape index (κ1) is 19.4. The molecule has 0 unspecified atom stereocenters. The first-order valence-electron chi connectivity index (χ1n) is 9.97. The van der Waals surface area contributed by atoms with Crippen LogP contribution in [0.5, 0.6) is 11.5 Å². The number of pyridine rings is 1. The maximum atomic E-state index is 13.4. The molecule has 6 nitrogen and oxygen atoms in total. The monoisotopic (exact) mass is 432 g/mol. The predicted molar refractivity (Wildman–Crippen MR) is 117 cm³/mol. The molecule has 0 aliphatic carbocycles. The van der Waals surface area contributed by atoms with Crippen LogP contribution in [0.2, 0.25) is 0 Å². The van der Waals surface area contributed by atoms with Crippen molar-refractivity contribution in [2.45, 2.75) is 13.1 Å². The molecule has 156 valence electrons. The molecule has 3 aromatic heterocycles. The molecular weight excluding hydrogens is 412 g/mol. The summed E-state index contributed by atoms with van der Waals surface area (Å²) in [4.78, 5) is 21.0. The van der Waals surface area contributed by atoms with Gasteiger partial charge in [0.05, 0.1) is 17.7 Å². The summed E-state index contributed by atoms with van der Waals surface area (Å²) in [5, 5.41) is 0. The topological polar surface area (TPSA) is 64.8 Å². The largest absolute Gasteiger partial charge is 0.486 e. The molecule has 4 aromatic rings. The third-order valence-electron chi connectivity index (χ3n) is 4.95. The lowest BCUT2D eigenvalue weighted by Crippen LogP contribution is -2.29. The van der Waals surface area contributed by atoms with E-state index in [1.807, 2.05) is 54.6 Å². The highest BCUT2D eigenvalue weighted by atomic mass is 32.1. The number of thiophene rings is 1. The molecule has 0 spiro atoms. The SMILES string of the molecule is O=C(c1ccc(-c2ccc3c(c2)OCCO3)s1)N(Cc1cccnc1)Cc1ccco1. The number of amides is 1. The van der Waals surface area contributed by atoms with Gasteiger partial charge in [-0.05, 0) is 59.7 Å². The van der Waals surface area contributed by atoms with Crippen LogP contribution in [-0.4, -0.2) is 29.0 Å². The smallest absolute Gasteiger partial charge is 0.264 e. The van der Waals surface area contributed by atoms with Crippen LogP contribution in [0.1, 0.15) is 21.0 Å². The van der Waals surface area contributed by atoms with Gasteiger partial charge in [-0.1, -0.05) is 6.07 Å². The number of benzene rings is 1. The van der Waals surface area contributed by atoms with Crippen molar-refractivity contribution in [2.24, 2.45) is 0 Å². The lowest BCUT2D eigenvalue weighted by molar-refractivity contribution is 0.0722. The molecule has 1 aliphatic rings. The molecule has 7 heteroatoms. The molecule has 0 bridgehead atoms. The molecule has 1 aromatic carbocycles. The van der Waals surface area contributed by atoms with E-state index in [1.165, 1.54) is 11.3 Å². The van der Waals surface area contributed by atoms with Gasteiger partial charge in [0.1, 0.15) is 19.0 Å². The number of nitrogens with zero attached hydrogens (tertiary/aromatic N) is 2. The Hall–Kier alpha value is -3.58. The molecule has 1 aliphatic heterocycles. The number of furan rings is 1. The molecule has 0 saturated heterocycles. The zero-order chi connectivity index (χ0) is 21.0. The fraction of sp³-hybridized carbons (Fsp3) is 0.167. The maximum absolute atomic E-state index is 13.4. The third kappa shape index (κ3) is 4.32. The van der Waals surface area contributed by atoms with Crippen LogP contribution in [0.3, 0.4) is 0 Å². The highest BCUT2D eigenvalue weighted by molar-refractivity contribution is 7.17. The van der Waals surface area contributed by atoms with Gasteiger partial charge in [-0.2, -0.15) is 0 Å². The highest BCUT2D eigenvalue weighted by Crippen LogP contribution is 2.37. The normalized spacial score (nSPS) is 12.5. The van der Waals surface area contributed by atoms with Crippen LogP contribution < -0.4 is 9.47 Å². The van der Waals surface area contributed by atoms with Gasteiger partial charge in [-0.3, -0.25) is 9.78 Å². The minimum atomic E-state index is -0.0472. The summed E-state index contributed by atoms with van der Waals surface area (Å²) in [7, 11) is 0. The summed E-state index contributed by atoms with van der Waals surface area (Å²) in [6.45, 7) is 1.94. The molecule has 31 heavy (non-hydrogen) atoms. The first-order valence-corrected chi connectivity index (χ1v) is 10.8. The van der Waals surface area contributed by atoms with Crippen molar-refractivity contribution in [3.05, 3.63) is 89.5 Å². The van der Waals surface area contributed by atoms with Crippen molar-refractivity contribution in [1.29, 1.82) is 0 Å². The van der Waals surface area contributed by atoms with E-state index in [2.05, 4.69) is 4.98 Å². The van der Waals surface area contributed by atoms with E-state index < -0.39 is 0 Å². The van der Waals surface area contributed by atoms with Crippen molar-refractivity contribution >= 4 is 17.2 Å². The second kappa shape index (κ2) is 8.65. The van der Waals surface area contributed by atoms with Gasteiger partial charge >= 0.3 is 0 Å². The molecule has 0 atom stereocenters. The number of fused-ring (bicyclic) bond motifs is 1. The Balaban J connectivity index is 1.40. The maximum Gasteiger partial charge on any atom is 0.264 e. The summed E-state index contributed by atoms with van der Waals surface area (Å²) in [5.74, 6) is 2.18. The second-order valence-electron chi connectivity index (χ2n) is 7.12. The number of ether oxygens (including phenoxy) is 2. The lowest BCUT2D eigenvalue weighted by Gasteiger charge is -2.21. The number of carbonyl (C=O) groups is 1. The number of carbonyl (C=O) groups excluding carboxylic acids is 1. The lowest BCUT2D eigenvalue weighted by atomic mass is 10.1. The Morgan fingerprint density at radius 1 is 1.00 bits per heavy atom. The van der Waals surface area contributed by atoms with E-state index in [0.29, 0.717) is 31.2 Å². The summed E-state index contributed by atoms with van der Waals surface area (Å²) >= 11 is 1.46. The fourth-order valence-corrected chi connectivity index (χ4v) is 4.43. The molecule has 0 radical (unpaired) electrons. The van der Waals surface area contributed by atoms with Crippen LogP contribution in [0.25, 0.3) is 10.4 Å². The Kier molecular flexibility index (Phi) is 5.41. The second-order valence-corrected chi connectivity index (χ2v) is 8.21. The van der Waals surface area contributed by atoms with E-state index in [0.717, 1.165) is 33.3 Å². The summed E-state index contributed by atoms with van der Waals surface area (Å²) < 4.78 is 16.8. The molecule has 5 rings (SSSR count). The quantitative estimate of drug-likeness (QED) is 0.428. The number of aromatic nitrogens is 1. The highest BCUT2D eigenvalue weighted by Gasteiger charge is 2.21. The van der Waals surface area contributed by atoms with E-state index in [1.54, 1.807) is 23.6 Å². The Bertz CT molecular complexity index is 1170. The first-order chi connectivity index (χ1) is 15.3. The number of hydrogen-bond donors (Lipinski definition) is 0. The van der Waals surface area contributed by atoms with E-state index >= 15 is 0 Å². The predicted octanol–water partition coefficient (Wildman–Crippen LogP) is 5.02. The molecule has 0 N–H and O–H groups in total. The van der Waals surface area contributed by atoms with Crippen LogP contribution in [0, 0.1) is 0 Å². The average molecular weight is 433 g/mol. The van der Waals surface area contributed by atoms with Gasteiger partial charge in [-0.25, -0.2) is 0 Å². The Labute approximate surface area is 183 Å². The van der Waals surface area contributed by atoms with Crippen LogP contribution >= 0.6 is 11.3 Å². The van der Waals surface area contributed by atoms with Gasteiger partial charge in [0, 0.05) is 23.8 Å². The van der Waals surface area contributed by atoms with Crippen molar-refractivity contribution in [3.8, 4) is 21.9 Å².